The van der Waals surface area contributed by atoms with Crippen LogP contribution in [0.25, 0.3) is 0 Å². The summed E-state index contributed by atoms with van der Waals surface area (Å²) in [5.41, 5.74) is -0.0545. The van der Waals surface area contributed by atoms with Crippen molar-refractivity contribution in [3.8, 4) is 0 Å². The number of hydrogen-bond acceptors (Lipinski definition) is 5. The van der Waals surface area contributed by atoms with Gasteiger partial charge >= 0.3 is 0 Å². The maximum Gasteiger partial charge on any atom is 0.159 e. The molecule has 0 bridgehead atoms. The van der Waals surface area contributed by atoms with E-state index in [0.717, 1.165) is 18.1 Å². The van der Waals surface area contributed by atoms with Gasteiger partial charge in [-0.3, -0.25) is 4.99 Å². The number of nitrogens with one attached hydrogen (secondary N) is 1. The minimum Gasteiger partial charge on any atom is -0.394 e. The fraction of sp³-hybridized carbons (Fsp3) is 0.909. The van der Waals surface area contributed by atoms with Gasteiger partial charge in [0, 0.05) is 12.5 Å². The van der Waals surface area contributed by atoms with E-state index >= 15 is 0 Å². The standard InChI is InChI=1S/C11H20N2O3S/c1-3-4-12-11-13-8-6(2)9(15)7(5-14)16-10(8)17-11/h6-10,14-15H,3-5H2,1-2H3,(H,12,13)/t6-,7-,8?,9+,10?/m1/s1. The SMILES string of the molecule is CCCN=C1NC2C(O[C@H](CO)[C@@H](O)[C@@H]2C)S1. The summed E-state index contributed by atoms with van der Waals surface area (Å²) >= 11 is 1.55. The molecule has 2 saturated heterocycles. The van der Waals surface area contributed by atoms with E-state index in [-0.39, 0.29) is 24.0 Å². The number of thioether (sulfide) groups is 1. The van der Waals surface area contributed by atoms with Gasteiger partial charge in [0.15, 0.2) is 5.17 Å². The van der Waals surface area contributed by atoms with Gasteiger partial charge in [-0.1, -0.05) is 25.6 Å². The lowest BCUT2D eigenvalue weighted by Gasteiger charge is -2.39. The molecule has 5 atom stereocenters. The zero-order valence-electron chi connectivity index (χ0n) is 10.2. The Morgan fingerprint density at radius 3 is 2.94 bits per heavy atom. The summed E-state index contributed by atoms with van der Waals surface area (Å²) in [6.07, 6.45) is -0.0923. The van der Waals surface area contributed by atoms with Crippen LogP contribution in [0.1, 0.15) is 20.3 Å². The minimum absolute atomic E-state index is 0.0488. The number of fused-ring (bicyclic) bond motifs is 1. The van der Waals surface area contributed by atoms with E-state index in [1.54, 1.807) is 11.8 Å². The van der Waals surface area contributed by atoms with Gasteiger partial charge in [-0.25, -0.2) is 0 Å². The maximum atomic E-state index is 9.97. The second-order valence-corrected chi connectivity index (χ2v) is 5.64. The Kier molecular flexibility index (Phi) is 4.30. The summed E-state index contributed by atoms with van der Waals surface area (Å²) in [7, 11) is 0. The lowest BCUT2D eigenvalue weighted by atomic mass is 9.90. The van der Waals surface area contributed by atoms with E-state index in [1.807, 2.05) is 6.92 Å². The number of ether oxygens (including phenoxy) is 1. The first kappa shape index (κ1) is 13.1. The van der Waals surface area contributed by atoms with Gasteiger partial charge in [0.1, 0.15) is 11.5 Å². The molecule has 0 radical (unpaired) electrons. The van der Waals surface area contributed by atoms with Crippen molar-refractivity contribution >= 4 is 16.9 Å². The average Bonchev–Trinajstić information content (AvgIpc) is 2.74. The van der Waals surface area contributed by atoms with Crippen molar-refractivity contribution in [1.82, 2.24) is 5.32 Å². The lowest BCUT2D eigenvalue weighted by Crippen LogP contribution is -2.55. The third kappa shape index (κ3) is 2.59. The van der Waals surface area contributed by atoms with Crippen LogP contribution >= 0.6 is 11.8 Å². The van der Waals surface area contributed by atoms with Gasteiger partial charge in [0.25, 0.3) is 0 Å². The number of aliphatic imine (C=N–C) groups is 1. The van der Waals surface area contributed by atoms with Crippen LogP contribution in [0.3, 0.4) is 0 Å². The molecule has 6 heteroatoms. The van der Waals surface area contributed by atoms with E-state index in [2.05, 4.69) is 17.2 Å². The molecule has 2 aliphatic heterocycles. The fourth-order valence-electron chi connectivity index (χ4n) is 2.17. The summed E-state index contributed by atoms with van der Waals surface area (Å²) in [5.74, 6) is 0.0488. The predicted molar refractivity (Wildman–Crippen MR) is 68.0 cm³/mol. The van der Waals surface area contributed by atoms with Crippen LogP contribution in [0.15, 0.2) is 4.99 Å². The first-order valence-corrected chi connectivity index (χ1v) is 6.97. The maximum absolute atomic E-state index is 9.97. The Morgan fingerprint density at radius 2 is 2.29 bits per heavy atom. The number of aliphatic hydroxyl groups excluding tert-OH is 2. The molecule has 17 heavy (non-hydrogen) atoms. The second-order valence-electron chi connectivity index (χ2n) is 4.55. The van der Waals surface area contributed by atoms with Gasteiger partial charge < -0.3 is 20.3 Å². The highest BCUT2D eigenvalue weighted by Crippen LogP contribution is 2.36. The second kappa shape index (κ2) is 5.56. The van der Waals surface area contributed by atoms with Crippen molar-refractivity contribution < 1.29 is 14.9 Å². The Hall–Kier alpha value is -0.300. The van der Waals surface area contributed by atoms with E-state index in [4.69, 9.17) is 9.84 Å². The molecular weight excluding hydrogens is 240 g/mol. The van der Waals surface area contributed by atoms with Crippen LogP contribution < -0.4 is 5.32 Å². The molecule has 0 amide bonds. The van der Waals surface area contributed by atoms with Crippen LogP contribution in [0.5, 0.6) is 0 Å². The monoisotopic (exact) mass is 260 g/mol. The Bertz CT molecular complexity index is 300. The van der Waals surface area contributed by atoms with Crippen molar-refractivity contribution in [3.63, 3.8) is 0 Å². The van der Waals surface area contributed by atoms with Gasteiger partial charge in [0.05, 0.1) is 18.8 Å². The number of hydrogen-bond donors (Lipinski definition) is 3. The molecule has 0 aliphatic carbocycles. The summed E-state index contributed by atoms with van der Waals surface area (Å²) in [6.45, 7) is 4.72. The smallest absolute Gasteiger partial charge is 0.159 e. The highest BCUT2D eigenvalue weighted by atomic mass is 32.2. The first-order valence-electron chi connectivity index (χ1n) is 6.09. The Balaban J connectivity index is 2.04. The zero-order chi connectivity index (χ0) is 12.4. The Labute approximate surface area is 106 Å². The molecule has 2 fully saturated rings. The summed E-state index contributed by atoms with van der Waals surface area (Å²) in [5, 5.41) is 23.3. The van der Waals surface area contributed by atoms with Crippen LogP contribution in [0.4, 0.5) is 0 Å². The zero-order valence-corrected chi connectivity index (χ0v) is 11.0. The summed E-state index contributed by atoms with van der Waals surface area (Å²) < 4.78 is 5.67. The highest BCUT2D eigenvalue weighted by molar-refractivity contribution is 8.14. The van der Waals surface area contributed by atoms with E-state index in [9.17, 15) is 5.11 Å². The molecule has 98 valence electrons. The molecule has 0 spiro atoms. The quantitative estimate of drug-likeness (QED) is 0.674. The largest absolute Gasteiger partial charge is 0.394 e. The molecule has 0 aromatic rings. The predicted octanol–water partition coefficient (Wildman–Crippen LogP) is 0.172. The third-order valence-corrected chi connectivity index (χ3v) is 4.37. The number of amidine groups is 1. The normalized spacial score (nSPS) is 43.5. The molecule has 2 heterocycles. The highest BCUT2D eigenvalue weighted by Gasteiger charge is 2.47. The Morgan fingerprint density at radius 1 is 1.53 bits per heavy atom. The molecule has 2 unspecified atom stereocenters. The first-order chi connectivity index (χ1) is 8.17. The van der Waals surface area contributed by atoms with Crippen molar-refractivity contribution in [3.05, 3.63) is 0 Å². The molecular formula is C11H20N2O3S. The molecule has 2 aliphatic rings. The molecule has 5 nitrogen and oxygen atoms in total. The van der Waals surface area contributed by atoms with Crippen LogP contribution in [-0.2, 0) is 4.74 Å². The number of aliphatic hydroxyl groups is 2. The van der Waals surface area contributed by atoms with Crippen LogP contribution in [-0.4, -0.2) is 52.2 Å². The number of nitrogens with zero attached hydrogens (tertiary/aromatic N) is 1. The lowest BCUT2D eigenvalue weighted by molar-refractivity contribution is -0.138. The van der Waals surface area contributed by atoms with E-state index < -0.39 is 12.2 Å². The topological polar surface area (TPSA) is 74.1 Å². The summed E-state index contributed by atoms with van der Waals surface area (Å²) in [4.78, 5) is 4.42. The minimum atomic E-state index is -0.625. The molecule has 0 saturated carbocycles. The molecule has 2 rings (SSSR count). The summed E-state index contributed by atoms with van der Waals surface area (Å²) in [6, 6.07) is 0.0772. The average molecular weight is 260 g/mol. The molecule has 3 N–H and O–H groups in total. The van der Waals surface area contributed by atoms with Crippen molar-refractivity contribution in [2.45, 2.75) is 44.0 Å². The third-order valence-electron chi connectivity index (χ3n) is 3.27. The van der Waals surface area contributed by atoms with E-state index in [1.165, 1.54) is 0 Å². The fourth-order valence-corrected chi connectivity index (χ4v) is 3.42. The molecule has 0 aromatic heterocycles. The van der Waals surface area contributed by atoms with Crippen LogP contribution in [0.2, 0.25) is 0 Å². The van der Waals surface area contributed by atoms with Gasteiger partial charge in [-0.2, -0.15) is 0 Å². The van der Waals surface area contributed by atoms with Crippen molar-refractivity contribution in [1.29, 1.82) is 0 Å². The van der Waals surface area contributed by atoms with Crippen molar-refractivity contribution in [2.75, 3.05) is 13.2 Å². The van der Waals surface area contributed by atoms with Gasteiger partial charge in [0.2, 0.25) is 0 Å². The van der Waals surface area contributed by atoms with Crippen LogP contribution in [0, 0.1) is 5.92 Å². The van der Waals surface area contributed by atoms with E-state index in [0.29, 0.717) is 0 Å². The number of rotatable bonds is 3. The van der Waals surface area contributed by atoms with Crippen molar-refractivity contribution in [2.24, 2.45) is 10.9 Å². The van der Waals surface area contributed by atoms with Gasteiger partial charge in [-0.15, -0.1) is 0 Å². The van der Waals surface area contributed by atoms with Gasteiger partial charge in [-0.05, 0) is 6.42 Å². The molecule has 0 aromatic carbocycles.